The molecule has 0 aromatic rings. The maximum absolute atomic E-state index is 11.4. The van der Waals surface area contributed by atoms with E-state index in [1.54, 1.807) is 0 Å². The Kier molecular flexibility index (Phi) is 7.22. The Morgan fingerprint density at radius 2 is 1.96 bits per heavy atom. The molecule has 0 spiro atoms. The molecule has 1 aliphatic rings. The second-order valence-electron chi connectivity index (χ2n) is 5.56. The van der Waals surface area contributed by atoms with Crippen molar-refractivity contribution in [1.29, 1.82) is 0 Å². The first-order valence-electron chi connectivity index (χ1n) is 7.23. The van der Waals surface area contributed by atoms with Crippen LogP contribution in [0.3, 0.4) is 0 Å². The number of aliphatic carboxylic acids is 1. The smallest absolute Gasteiger partial charge is 0.364 e. The molecule has 1 fully saturated rings. The molecule has 1 heterocycles. The number of carbonyl (C=O) groups excluding carboxylic acids is 2. The fourth-order valence-electron chi connectivity index (χ4n) is 2.33. The SMILES string of the molecule is CC(=O)OC[C@@H](O)[C@@H](O)[C@@H]1O[C@@](O)(C(=O)O)C[C@H](O)[C@H]1NC(=O)CO. The third-order valence-corrected chi connectivity index (χ3v) is 3.58. The summed E-state index contributed by atoms with van der Waals surface area (Å²) in [5.74, 6) is -6.47. The van der Waals surface area contributed by atoms with Crippen LogP contribution in [0.4, 0.5) is 0 Å². The van der Waals surface area contributed by atoms with E-state index in [-0.39, 0.29) is 0 Å². The summed E-state index contributed by atoms with van der Waals surface area (Å²) in [5.41, 5.74) is 0. The Hall–Kier alpha value is -1.83. The first-order chi connectivity index (χ1) is 11.5. The molecule has 144 valence electrons. The second-order valence-corrected chi connectivity index (χ2v) is 5.56. The molecule has 12 nitrogen and oxygen atoms in total. The fourth-order valence-corrected chi connectivity index (χ4v) is 2.33. The number of rotatable bonds is 7. The lowest BCUT2D eigenvalue weighted by Crippen LogP contribution is -2.67. The average molecular weight is 367 g/mol. The van der Waals surface area contributed by atoms with E-state index in [0.717, 1.165) is 6.92 Å². The minimum Gasteiger partial charge on any atom is -0.477 e. The molecule has 12 heteroatoms. The van der Waals surface area contributed by atoms with Gasteiger partial charge in [0.05, 0.1) is 12.1 Å². The molecule has 0 unspecified atom stereocenters. The number of carboxylic acid groups (broad SMARTS) is 1. The highest BCUT2D eigenvalue weighted by molar-refractivity contribution is 5.78. The van der Waals surface area contributed by atoms with E-state index in [9.17, 15) is 34.8 Å². The van der Waals surface area contributed by atoms with E-state index in [1.807, 2.05) is 0 Å². The molecule has 7 N–H and O–H groups in total. The summed E-state index contributed by atoms with van der Waals surface area (Å²) in [6.45, 7) is -0.600. The molecule has 1 aliphatic heterocycles. The van der Waals surface area contributed by atoms with Crippen molar-refractivity contribution in [3.8, 4) is 0 Å². The van der Waals surface area contributed by atoms with Gasteiger partial charge in [0.15, 0.2) is 0 Å². The zero-order valence-corrected chi connectivity index (χ0v) is 13.2. The number of amides is 1. The van der Waals surface area contributed by atoms with Crippen LogP contribution in [0.5, 0.6) is 0 Å². The zero-order valence-electron chi connectivity index (χ0n) is 13.2. The third-order valence-electron chi connectivity index (χ3n) is 3.58. The number of hydrogen-bond donors (Lipinski definition) is 7. The maximum atomic E-state index is 11.4. The van der Waals surface area contributed by atoms with Gasteiger partial charge in [0.25, 0.3) is 5.79 Å². The highest BCUT2D eigenvalue weighted by atomic mass is 16.7. The fraction of sp³-hybridized carbons (Fsp3) is 0.769. The van der Waals surface area contributed by atoms with Crippen molar-refractivity contribution in [3.05, 3.63) is 0 Å². The molecule has 6 atom stereocenters. The molecule has 1 rings (SSSR count). The van der Waals surface area contributed by atoms with Crippen LogP contribution in [0, 0.1) is 0 Å². The van der Waals surface area contributed by atoms with E-state index < -0.39 is 73.7 Å². The largest absolute Gasteiger partial charge is 0.477 e. The first-order valence-corrected chi connectivity index (χ1v) is 7.23. The van der Waals surface area contributed by atoms with Gasteiger partial charge in [0, 0.05) is 13.3 Å². The predicted octanol–water partition coefficient (Wildman–Crippen LogP) is -4.33. The Morgan fingerprint density at radius 1 is 1.36 bits per heavy atom. The lowest BCUT2D eigenvalue weighted by atomic mass is 9.88. The number of hydrogen-bond acceptors (Lipinski definition) is 10. The van der Waals surface area contributed by atoms with Gasteiger partial charge in [-0.05, 0) is 0 Å². The highest BCUT2D eigenvalue weighted by Gasteiger charge is 2.54. The summed E-state index contributed by atoms with van der Waals surface area (Å²) in [7, 11) is 0. The number of carboxylic acids is 1. The van der Waals surface area contributed by atoms with Crippen molar-refractivity contribution in [2.24, 2.45) is 0 Å². The molecule has 0 aliphatic carbocycles. The lowest BCUT2D eigenvalue weighted by molar-refractivity contribution is -0.295. The van der Waals surface area contributed by atoms with Crippen LogP contribution < -0.4 is 5.32 Å². The Morgan fingerprint density at radius 3 is 2.44 bits per heavy atom. The van der Waals surface area contributed by atoms with Crippen molar-refractivity contribution in [2.75, 3.05) is 13.2 Å². The molecular formula is C13H21NO11. The van der Waals surface area contributed by atoms with Crippen molar-refractivity contribution in [2.45, 2.75) is 49.6 Å². The zero-order chi connectivity index (χ0) is 19.4. The van der Waals surface area contributed by atoms with E-state index >= 15 is 0 Å². The number of nitrogens with one attached hydrogen (secondary N) is 1. The molecule has 0 bridgehead atoms. The van der Waals surface area contributed by atoms with Crippen molar-refractivity contribution in [1.82, 2.24) is 5.32 Å². The van der Waals surface area contributed by atoms with Crippen LogP contribution in [0.2, 0.25) is 0 Å². The monoisotopic (exact) mass is 367 g/mol. The summed E-state index contributed by atoms with van der Waals surface area (Å²) in [5, 5.41) is 59.8. The van der Waals surface area contributed by atoms with Gasteiger partial charge < -0.3 is 45.4 Å². The standard InChI is InChI=1S/C13H21NO11/c1-5(16)24-4-7(18)10(20)11-9(14-8(19)3-15)6(17)2-13(23,25-11)12(21)22/h6-7,9-11,15,17-18,20,23H,2-4H2,1H3,(H,14,19)(H,21,22)/t6-,7+,9+,10+,11+,13+/m0/s1. The molecular weight excluding hydrogens is 346 g/mol. The molecule has 1 amide bonds. The number of aliphatic hydroxyl groups excluding tert-OH is 4. The molecule has 25 heavy (non-hydrogen) atoms. The van der Waals surface area contributed by atoms with E-state index in [4.69, 9.17) is 14.9 Å². The van der Waals surface area contributed by atoms with E-state index in [2.05, 4.69) is 10.1 Å². The third kappa shape index (κ3) is 5.32. The molecule has 0 saturated carbocycles. The molecule has 0 aromatic carbocycles. The van der Waals surface area contributed by atoms with Crippen LogP contribution in [-0.2, 0) is 23.9 Å². The van der Waals surface area contributed by atoms with Crippen LogP contribution >= 0.6 is 0 Å². The van der Waals surface area contributed by atoms with Gasteiger partial charge in [-0.15, -0.1) is 0 Å². The average Bonchev–Trinajstić information content (AvgIpc) is 2.53. The van der Waals surface area contributed by atoms with Gasteiger partial charge in [-0.25, -0.2) is 4.79 Å². The first kappa shape index (κ1) is 21.2. The Bertz CT molecular complexity index is 512. The number of carbonyl (C=O) groups is 3. The summed E-state index contributed by atoms with van der Waals surface area (Å²) in [6.07, 6.45) is -8.05. The minimum absolute atomic E-state index is 0.682. The van der Waals surface area contributed by atoms with Gasteiger partial charge >= 0.3 is 11.9 Å². The van der Waals surface area contributed by atoms with Crippen molar-refractivity contribution in [3.63, 3.8) is 0 Å². The van der Waals surface area contributed by atoms with Crippen LogP contribution in [-0.4, -0.2) is 97.9 Å². The lowest BCUT2D eigenvalue weighted by Gasteiger charge is -2.44. The van der Waals surface area contributed by atoms with Gasteiger partial charge in [0.2, 0.25) is 5.91 Å². The Labute approximate surface area is 141 Å². The van der Waals surface area contributed by atoms with Crippen LogP contribution in [0.1, 0.15) is 13.3 Å². The Balaban J connectivity index is 3.03. The van der Waals surface area contributed by atoms with Crippen molar-refractivity contribution >= 4 is 17.8 Å². The summed E-state index contributed by atoms with van der Waals surface area (Å²) >= 11 is 0. The van der Waals surface area contributed by atoms with Gasteiger partial charge in [-0.2, -0.15) is 0 Å². The maximum Gasteiger partial charge on any atom is 0.364 e. The van der Waals surface area contributed by atoms with Gasteiger partial charge in [-0.1, -0.05) is 0 Å². The topological polar surface area (TPSA) is 203 Å². The minimum atomic E-state index is -2.88. The number of esters is 1. The van der Waals surface area contributed by atoms with Crippen LogP contribution in [0.15, 0.2) is 0 Å². The normalized spacial score (nSPS) is 31.7. The van der Waals surface area contributed by atoms with Crippen LogP contribution in [0.25, 0.3) is 0 Å². The number of ether oxygens (including phenoxy) is 2. The highest BCUT2D eigenvalue weighted by Crippen LogP contribution is 2.30. The molecule has 0 aromatic heterocycles. The quantitative estimate of drug-likeness (QED) is 0.214. The van der Waals surface area contributed by atoms with E-state index in [0.29, 0.717) is 0 Å². The summed E-state index contributed by atoms with van der Waals surface area (Å²) in [6, 6.07) is -1.46. The molecule has 0 radical (unpaired) electrons. The number of aliphatic hydroxyl groups is 5. The summed E-state index contributed by atoms with van der Waals surface area (Å²) < 4.78 is 9.41. The van der Waals surface area contributed by atoms with Crippen molar-refractivity contribution < 1.29 is 54.5 Å². The van der Waals surface area contributed by atoms with E-state index in [1.165, 1.54) is 0 Å². The van der Waals surface area contributed by atoms with Gasteiger partial charge in [0.1, 0.15) is 31.5 Å². The predicted molar refractivity (Wildman–Crippen MR) is 75.7 cm³/mol. The van der Waals surface area contributed by atoms with Gasteiger partial charge in [-0.3, -0.25) is 9.59 Å². The molecule has 1 saturated heterocycles. The second kappa shape index (κ2) is 8.51. The summed E-state index contributed by atoms with van der Waals surface area (Å²) in [4.78, 5) is 33.2.